The van der Waals surface area contributed by atoms with Crippen LogP contribution < -0.4 is 0 Å². The molecule has 0 saturated heterocycles. The Balaban J connectivity index is 1.35. The van der Waals surface area contributed by atoms with Gasteiger partial charge in [0.1, 0.15) is 0 Å². The molecule has 6 nitrogen and oxygen atoms in total. The molecule has 0 spiro atoms. The van der Waals surface area contributed by atoms with Gasteiger partial charge in [-0.15, -0.1) is 12.8 Å². The van der Waals surface area contributed by atoms with Gasteiger partial charge in [-0.2, -0.15) is 0 Å². The Morgan fingerprint density at radius 3 is 1.20 bits per heavy atom. The molecule has 0 fully saturated rings. The second-order valence-corrected chi connectivity index (χ2v) is 24.4. The number of benzene rings is 4. The summed E-state index contributed by atoms with van der Waals surface area (Å²) in [5.41, 5.74) is 17.6. The Morgan fingerprint density at radius 1 is 0.538 bits per heavy atom. The van der Waals surface area contributed by atoms with Gasteiger partial charge in [-0.25, -0.2) is 14.8 Å². The van der Waals surface area contributed by atoms with Gasteiger partial charge in [-0.3, -0.25) is 0 Å². The van der Waals surface area contributed by atoms with Crippen molar-refractivity contribution in [1.82, 2.24) is 19.9 Å². The van der Waals surface area contributed by atoms with E-state index in [1.165, 1.54) is 5.56 Å². The van der Waals surface area contributed by atoms with Crippen LogP contribution in [0.15, 0.2) is 121 Å². The van der Waals surface area contributed by atoms with E-state index < -0.39 is 8.07 Å². The van der Waals surface area contributed by atoms with Crippen molar-refractivity contribution >= 4 is 60.4 Å². The highest BCUT2D eigenvalue weighted by Gasteiger charge is 2.21. The minimum Gasteiger partial charge on any atom is -0.462 e. The maximum atomic E-state index is 13.2. The quantitative estimate of drug-likeness (QED) is 0.0905. The van der Waals surface area contributed by atoms with E-state index in [1.807, 2.05) is 48.5 Å². The first-order chi connectivity index (χ1) is 31.3. The number of nitrogens with one attached hydrogen (secondary N) is 2. The number of aromatic nitrogens is 4. The third-order valence-corrected chi connectivity index (χ3v) is 13.7. The standard InChI is InChI=1S/C58H50N4O2Si/c1-9-37-11-15-39(16-12-37)53-45-27-31-49(59-45)55(41-19-21-43(22-20-41)57(63)64-35-36-65(6,7)8)50-32-28-46(60-50)54(40-17-13-38(10-2)14-18-40)48-30-34-52(62-48)56(51-33-29-47(53)61-51)42-23-25-44(26-24-42)58(3,4)5/h1-2,11-34,59,62H,35-36H2,3-8H3. The molecule has 0 aliphatic carbocycles. The fourth-order valence-corrected chi connectivity index (χ4v) is 9.04. The Bertz CT molecular complexity index is 3250. The lowest BCUT2D eigenvalue weighted by atomic mass is 9.86. The number of esters is 1. The van der Waals surface area contributed by atoms with Crippen LogP contribution in [0.1, 0.15) is 70.6 Å². The topological polar surface area (TPSA) is 83.7 Å². The molecule has 7 aromatic rings. The van der Waals surface area contributed by atoms with Crippen LogP contribution in [-0.4, -0.2) is 40.6 Å². The number of hydrogen-bond acceptors (Lipinski definition) is 4. The Kier molecular flexibility index (Phi) is 11.2. The average molecular weight is 863 g/mol. The van der Waals surface area contributed by atoms with E-state index in [0.29, 0.717) is 12.2 Å². The Labute approximate surface area is 382 Å². The highest BCUT2D eigenvalue weighted by atomic mass is 28.3. The van der Waals surface area contributed by atoms with Gasteiger partial charge in [0.2, 0.25) is 0 Å². The molecule has 3 aromatic heterocycles. The molecule has 318 valence electrons. The molecule has 9 rings (SSSR count). The maximum Gasteiger partial charge on any atom is 0.338 e. The van der Waals surface area contributed by atoms with Gasteiger partial charge in [-0.1, -0.05) is 113 Å². The second-order valence-electron chi connectivity index (χ2n) is 18.8. The molecule has 0 amide bonds. The summed E-state index contributed by atoms with van der Waals surface area (Å²) in [4.78, 5) is 31.7. The van der Waals surface area contributed by atoms with Crippen molar-refractivity contribution in [3.05, 3.63) is 166 Å². The van der Waals surface area contributed by atoms with Gasteiger partial charge in [0.05, 0.1) is 34.9 Å². The first-order valence-electron chi connectivity index (χ1n) is 22.0. The van der Waals surface area contributed by atoms with Gasteiger partial charge in [0.25, 0.3) is 0 Å². The summed E-state index contributed by atoms with van der Waals surface area (Å²) in [5, 5.41) is 0. The first-order valence-corrected chi connectivity index (χ1v) is 25.7. The third kappa shape index (κ3) is 8.80. The van der Waals surface area contributed by atoms with Crippen LogP contribution in [0.4, 0.5) is 0 Å². The minimum absolute atomic E-state index is 0.00545. The van der Waals surface area contributed by atoms with Crippen LogP contribution in [0.2, 0.25) is 25.7 Å². The number of terminal acetylenes is 2. The number of nitrogens with zero attached hydrogens (tertiary/aromatic N) is 2. The smallest absolute Gasteiger partial charge is 0.338 e. The number of fused-ring (bicyclic) bond motifs is 8. The average Bonchev–Trinajstić information content (AvgIpc) is 4.15. The van der Waals surface area contributed by atoms with E-state index in [0.717, 1.165) is 107 Å². The van der Waals surface area contributed by atoms with E-state index >= 15 is 0 Å². The van der Waals surface area contributed by atoms with E-state index in [2.05, 4.69) is 159 Å². The van der Waals surface area contributed by atoms with Gasteiger partial charge in [0.15, 0.2) is 0 Å². The molecule has 8 bridgehead atoms. The predicted octanol–water partition coefficient (Wildman–Crippen LogP) is 14.1. The van der Waals surface area contributed by atoms with Crippen molar-refractivity contribution in [3.63, 3.8) is 0 Å². The Hall–Kier alpha value is -7.71. The summed E-state index contributed by atoms with van der Waals surface area (Å²) in [6, 6.07) is 41.8. The SMILES string of the molecule is C#Cc1ccc(-c2c3nc(c(-c4ccc(C(C)(C)C)cc4)c4ccc([nH]4)c(-c4ccc(C#C)cc4)c4nc(c(-c5ccc(C(=O)OCC[Si](C)(C)C)cc5)c5ccc2[nH]5)C=C4)C=C3)cc1. The van der Waals surface area contributed by atoms with Gasteiger partial charge in [0, 0.05) is 63.5 Å². The molecule has 2 aliphatic heterocycles. The largest absolute Gasteiger partial charge is 0.462 e. The number of ether oxygens (including phenoxy) is 1. The van der Waals surface area contributed by atoms with Crippen LogP contribution in [-0.2, 0) is 10.2 Å². The van der Waals surface area contributed by atoms with Crippen molar-refractivity contribution in [1.29, 1.82) is 0 Å². The van der Waals surface area contributed by atoms with E-state index in [1.54, 1.807) is 0 Å². The molecule has 4 aromatic carbocycles. The van der Waals surface area contributed by atoms with Gasteiger partial charge >= 0.3 is 5.97 Å². The lowest BCUT2D eigenvalue weighted by molar-refractivity contribution is 0.0525. The van der Waals surface area contributed by atoms with Crippen molar-refractivity contribution < 1.29 is 9.53 Å². The van der Waals surface area contributed by atoms with Crippen LogP contribution in [0, 0.1) is 24.7 Å². The molecule has 5 heterocycles. The van der Waals surface area contributed by atoms with Crippen molar-refractivity contribution in [2.24, 2.45) is 0 Å². The lowest BCUT2D eigenvalue weighted by Gasteiger charge is -2.19. The predicted molar refractivity (Wildman–Crippen MR) is 274 cm³/mol. The van der Waals surface area contributed by atoms with E-state index in [9.17, 15) is 4.79 Å². The number of carbonyl (C=O) groups is 1. The summed E-state index contributed by atoms with van der Waals surface area (Å²) in [6.07, 6.45) is 19.9. The monoisotopic (exact) mass is 862 g/mol. The number of hydrogen-bond donors (Lipinski definition) is 2. The fraction of sp³-hybridized carbons (Fsp3) is 0.155. The van der Waals surface area contributed by atoms with Crippen LogP contribution >= 0.6 is 0 Å². The zero-order valence-corrected chi connectivity index (χ0v) is 38.6. The number of H-pyrrole nitrogens is 2. The summed E-state index contributed by atoms with van der Waals surface area (Å²) in [7, 11) is -1.37. The maximum absolute atomic E-state index is 13.2. The number of carbonyl (C=O) groups excluding carboxylic acids is 1. The van der Waals surface area contributed by atoms with Crippen LogP contribution in [0.5, 0.6) is 0 Å². The number of rotatable bonds is 8. The Morgan fingerprint density at radius 2 is 0.877 bits per heavy atom. The van der Waals surface area contributed by atoms with Crippen molar-refractivity contribution in [2.75, 3.05) is 6.61 Å². The molecular formula is C58H50N4O2Si. The molecule has 0 radical (unpaired) electrons. The molecule has 2 aliphatic rings. The first kappa shape index (κ1) is 42.6. The lowest BCUT2D eigenvalue weighted by Crippen LogP contribution is -2.22. The minimum atomic E-state index is -1.37. The van der Waals surface area contributed by atoms with Crippen LogP contribution in [0.3, 0.4) is 0 Å². The molecule has 0 unspecified atom stereocenters. The second kappa shape index (κ2) is 17.1. The zero-order valence-electron chi connectivity index (χ0n) is 37.6. The van der Waals surface area contributed by atoms with E-state index in [4.69, 9.17) is 27.6 Å². The molecular weight excluding hydrogens is 813 g/mol. The van der Waals surface area contributed by atoms with Crippen molar-refractivity contribution in [2.45, 2.75) is 51.9 Å². The molecule has 2 N–H and O–H groups in total. The molecule has 0 atom stereocenters. The van der Waals surface area contributed by atoms with Crippen molar-refractivity contribution in [3.8, 4) is 69.2 Å². The highest BCUT2D eigenvalue weighted by molar-refractivity contribution is 6.76. The summed E-state index contributed by atoms with van der Waals surface area (Å²) in [5.74, 6) is 5.19. The fourth-order valence-electron chi connectivity index (χ4n) is 8.33. The van der Waals surface area contributed by atoms with Crippen LogP contribution in [0.25, 0.3) is 90.9 Å². The molecule has 0 saturated carbocycles. The summed E-state index contributed by atoms with van der Waals surface area (Å²) < 4.78 is 5.71. The summed E-state index contributed by atoms with van der Waals surface area (Å²) in [6.45, 7) is 13.9. The van der Waals surface area contributed by atoms with Gasteiger partial charge < -0.3 is 14.7 Å². The van der Waals surface area contributed by atoms with Gasteiger partial charge in [-0.05, 0) is 124 Å². The normalized spacial score (nSPS) is 12.2. The summed E-state index contributed by atoms with van der Waals surface area (Å²) >= 11 is 0. The highest BCUT2D eigenvalue weighted by Crippen LogP contribution is 2.39. The number of aromatic amines is 2. The molecule has 7 heteroatoms. The molecule has 65 heavy (non-hydrogen) atoms. The van der Waals surface area contributed by atoms with E-state index in [-0.39, 0.29) is 11.4 Å². The third-order valence-electron chi connectivity index (χ3n) is 12.0. The zero-order chi connectivity index (χ0) is 45.5.